The average Bonchev–Trinajstić information content (AvgIpc) is 2.84. The molecule has 1 N–H and O–H groups in total. The second-order valence-electron chi connectivity index (χ2n) is 5.63. The molecular weight excluding hydrogens is 404 g/mol. The first-order chi connectivity index (χ1) is 12.3. The highest BCUT2D eigenvalue weighted by Crippen LogP contribution is 2.41. The molecule has 0 saturated carbocycles. The van der Waals surface area contributed by atoms with Crippen molar-refractivity contribution in [2.75, 3.05) is 0 Å². The van der Waals surface area contributed by atoms with Crippen LogP contribution in [-0.2, 0) is 7.05 Å². The quantitative estimate of drug-likeness (QED) is 0.375. The van der Waals surface area contributed by atoms with Crippen LogP contribution >= 0.6 is 15.9 Å². The van der Waals surface area contributed by atoms with E-state index in [-0.39, 0.29) is 17.3 Å². The first kappa shape index (κ1) is 17.7. The van der Waals surface area contributed by atoms with E-state index in [1.165, 1.54) is 16.7 Å². The maximum Gasteiger partial charge on any atom is 0.296 e. The van der Waals surface area contributed by atoms with E-state index in [2.05, 4.69) is 26.2 Å². The Balaban J connectivity index is 2.13. The number of benzene rings is 2. The molecule has 0 spiro atoms. The predicted octanol–water partition coefficient (Wildman–Crippen LogP) is 4.79. The van der Waals surface area contributed by atoms with Gasteiger partial charge in [-0.25, -0.2) is 0 Å². The average molecular weight is 417 g/mol. The van der Waals surface area contributed by atoms with Gasteiger partial charge >= 0.3 is 0 Å². The van der Waals surface area contributed by atoms with Gasteiger partial charge < -0.3 is 9.67 Å². The van der Waals surface area contributed by atoms with E-state index in [0.717, 1.165) is 0 Å². The van der Waals surface area contributed by atoms with Crippen molar-refractivity contribution in [3.05, 3.63) is 62.1 Å². The van der Waals surface area contributed by atoms with E-state index in [1.54, 1.807) is 38.2 Å². The molecule has 0 unspecified atom stereocenters. The van der Waals surface area contributed by atoms with Crippen LogP contribution in [0, 0.1) is 17.0 Å². The molecule has 2 aromatic carbocycles. The molecule has 0 aliphatic rings. The molecule has 26 heavy (non-hydrogen) atoms. The van der Waals surface area contributed by atoms with Crippen molar-refractivity contribution in [3.8, 4) is 5.88 Å². The molecule has 9 heteroatoms. The molecule has 0 bridgehead atoms. The number of hydrogen-bond donors (Lipinski definition) is 1. The predicted molar refractivity (Wildman–Crippen MR) is 99.0 cm³/mol. The van der Waals surface area contributed by atoms with Crippen LogP contribution in [0.15, 0.2) is 51.1 Å². The topological polar surface area (TPSA) is 110 Å². The third-order valence-electron chi connectivity index (χ3n) is 3.96. The van der Waals surface area contributed by atoms with Crippen LogP contribution in [-0.4, -0.2) is 20.5 Å². The normalized spacial score (nSPS) is 11.3. The minimum absolute atomic E-state index is 0.00898. The van der Waals surface area contributed by atoms with Gasteiger partial charge in [-0.1, -0.05) is 12.1 Å². The van der Waals surface area contributed by atoms with Crippen LogP contribution in [0.3, 0.4) is 0 Å². The number of rotatable bonds is 3. The third-order valence-corrected chi connectivity index (χ3v) is 4.65. The molecule has 0 aliphatic heterocycles. The van der Waals surface area contributed by atoms with E-state index in [0.29, 0.717) is 26.5 Å². The lowest BCUT2D eigenvalue weighted by molar-refractivity contribution is -0.384. The van der Waals surface area contributed by atoms with Crippen LogP contribution in [0.1, 0.15) is 15.9 Å². The summed E-state index contributed by atoms with van der Waals surface area (Å²) >= 11 is 3.27. The Morgan fingerprint density at radius 1 is 1.31 bits per heavy atom. The number of amides is 1. The van der Waals surface area contributed by atoms with Crippen LogP contribution in [0.25, 0.3) is 10.9 Å². The lowest BCUT2D eigenvalue weighted by Gasteiger charge is -2.01. The van der Waals surface area contributed by atoms with Crippen LogP contribution < -0.4 is 0 Å². The Morgan fingerprint density at radius 2 is 2.00 bits per heavy atom. The zero-order valence-corrected chi connectivity index (χ0v) is 15.4. The lowest BCUT2D eigenvalue weighted by Crippen LogP contribution is -1.94. The number of azo groups is 1. The second-order valence-corrected chi connectivity index (χ2v) is 6.49. The molecule has 3 rings (SSSR count). The number of non-ortho nitro benzene ring substituents is 1. The van der Waals surface area contributed by atoms with Crippen molar-refractivity contribution in [2.45, 2.75) is 6.92 Å². The number of aryl methyl sites for hydroxylation is 2. The van der Waals surface area contributed by atoms with Crippen molar-refractivity contribution in [1.82, 2.24) is 4.57 Å². The summed E-state index contributed by atoms with van der Waals surface area (Å²) in [5.74, 6) is -0.830. The number of aromatic hydroxyl groups is 1. The number of hydrogen-bond acceptors (Lipinski definition) is 5. The highest BCUT2D eigenvalue weighted by Gasteiger charge is 2.20. The summed E-state index contributed by atoms with van der Waals surface area (Å²) in [6, 6.07) is 9.45. The molecule has 1 heterocycles. The summed E-state index contributed by atoms with van der Waals surface area (Å²) in [6.45, 7) is 1.70. The van der Waals surface area contributed by atoms with Gasteiger partial charge in [-0.2, -0.15) is 0 Å². The zero-order valence-electron chi connectivity index (χ0n) is 13.8. The molecule has 0 radical (unpaired) electrons. The van der Waals surface area contributed by atoms with Gasteiger partial charge in [0.1, 0.15) is 0 Å². The van der Waals surface area contributed by atoms with Gasteiger partial charge in [-0.05, 0) is 40.5 Å². The smallest absolute Gasteiger partial charge is 0.296 e. The fraction of sp³-hybridized carbons (Fsp3) is 0.118. The summed E-state index contributed by atoms with van der Waals surface area (Å²) in [5, 5.41) is 29.3. The van der Waals surface area contributed by atoms with Gasteiger partial charge in [-0.15, -0.1) is 10.2 Å². The van der Waals surface area contributed by atoms with E-state index < -0.39 is 10.8 Å². The molecule has 0 aliphatic carbocycles. The third kappa shape index (κ3) is 2.97. The maximum atomic E-state index is 12.2. The van der Waals surface area contributed by atoms with Gasteiger partial charge in [-0.3, -0.25) is 14.9 Å². The van der Waals surface area contributed by atoms with E-state index in [9.17, 15) is 20.0 Å². The van der Waals surface area contributed by atoms with Gasteiger partial charge in [0.05, 0.1) is 16.0 Å². The number of carbonyl (C=O) groups is 1. The second kappa shape index (κ2) is 6.68. The van der Waals surface area contributed by atoms with Crippen LogP contribution in [0.5, 0.6) is 5.88 Å². The van der Waals surface area contributed by atoms with Crippen molar-refractivity contribution in [1.29, 1.82) is 0 Å². The van der Waals surface area contributed by atoms with Crippen molar-refractivity contribution in [3.63, 3.8) is 0 Å². The van der Waals surface area contributed by atoms with Gasteiger partial charge in [0.25, 0.3) is 11.6 Å². The van der Waals surface area contributed by atoms with Crippen LogP contribution in [0.4, 0.5) is 11.4 Å². The van der Waals surface area contributed by atoms with E-state index in [4.69, 9.17) is 0 Å². The maximum absolute atomic E-state index is 12.2. The SMILES string of the molecule is Cc1cc([N+](=O)[O-])cc2c(N=NC(=O)c3ccccc3Br)c(O)n(C)c12. The zero-order chi connectivity index (χ0) is 19.0. The first-order valence-corrected chi connectivity index (χ1v) is 8.27. The van der Waals surface area contributed by atoms with Crippen molar-refractivity contribution >= 4 is 44.1 Å². The standard InChI is InChI=1S/C17H13BrN4O4/c1-9-7-10(22(25)26)8-12-14(17(24)21(2)15(9)12)19-20-16(23)11-5-3-4-6-13(11)18/h3-8,24H,1-2H3. The Bertz CT molecular complexity index is 1090. The van der Waals surface area contributed by atoms with Crippen molar-refractivity contribution < 1.29 is 14.8 Å². The highest BCUT2D eigenvalue weighted by molar-refractivity contribution is 9.10. The Hall–Kier alpha value is -3.07. The van der Waals surface area contributed by atoms with Gasteiger partial charge in [0.2, 0.25) is 5.88 Å². The molecule has 0 saturated heterocycles. The number of nitro groups is 1. The summed E-state index contributed by atoms with van der Waals surface area (Å²) in [5.41, 5.74) is 1.38. The van der Waals surface area contributed by atoms with Gasteiger partial charge in [0.15, 0.2) is 5.69 Å². The minimum Gasteiger partial charge on any atom is -0.493 e. The number of halogens is 1. The van der Waals surface area contributed by atoms with Gasteiger partial charge in [0, 0.05) is 29.0 Å². The molecule has 0 fully saturated rings. The van der Waals surface area contributed by atoms with Crippen molar-refractivity contribution in [2.24, 2.45) is 17.3 Å². The molecule has 1 amide bonds. The number of aromatic nitrogens is 1. The van der Waals surface area contributed by atoms with E-state index >= 15 is 0 Å². The monoisotopic (exact) mass is 416 g/mol. The fourth-order valence-electron chi connectivity index (χ4n) is 2.76. The largest absolute Gasteiger partial charge is 0.493 e. The lowest BCUT2D eigenvalue weighted by atomic mass is 10.1. The van der Waals surface area contributed by atoms with E-state index in [1.807, 2.05) is 0 Å². The number of carbonyl (C=O) groups excluding carboxylic acids is 1. The van der Waals surface area contributed by atoms with Crippen LogP contribution in [0.2, 0.25) is 0 Å². The summed E-state index contributed by atoms with van der Waals surface area (Å²) in [7, 11) is 1.60. The number of nitro benzene ring substituents is 1. The minimum atomic E-state index is -0.601. The summed E-state index contributed by atoms with van der Waals surface area (Å²) in [4.78, 5) is 22.8. The number of nitrogens with zero attached hydrogens (tertiary/aromatic N) is 4. The molecular formula is C17H13BrN4O4. The molecule has 8 nitrogen and oxygen atoms in total. The molecule has 3 aromatic rings. The fourth-order valence-corrected chi connectivity index (χ4v) is 3.21. The Morgan fingerprint density at radius 3 is 2.65 bits per heavy atom. The summed E-state index contributed by atoms with van der Waals surface area (Å²) < 4.78 is 2.02. The Labute approximate surface area is 156 Å². The molecule has 132 valence electrons. The first-order valence-electron chi connectivity index (χ1n) is 7.48. The molecule has 0 atom stereocenters. The number of fused-ring (bicyclic) bond motifs is 1. The highest BCUT2D eigenvalue weighted by atomic mass is 79.9. The Kier molecular flexibility index (Phi) is 4.56. The summed E-state index contributed by atoms with van der Waals surface area (Å²) in [6.07, 6.45) is 0. The molecule has 1 aromatic heterocycles.